The maximum Gasteiger partial charge on any atom is 0.224 e. The predicted molar refractivity (Wildman–Crippen MR) is 107 cm³/mol. The summed E-state index contributed by atoms with van der Waals surface area (Å²) in [5.74, 6) is 0.789. The van der Waals surface area contributed by atoms with Crippen LogP contribution in [0.3, 0.4) is 0 Å². The Morgan fingerprint density at radius 1 is 1.07 bits per heavy atom. The molecule has 0 aliphatic heterocycles. The van der Waals surface area contributed by atoms with Gasteiger partial charge in [0.25, 0.3) is 0 Å². The second kappa shape index (κ2) is 10.4. The minimum atomic E-state index is -0.0272. The van der Waals surface area contributed by atoms with E-state index in [4.69, 9.17) is 4.74 Å². The molecule has 0 aromatic heterocycles. The Morgan fingerprint density at radius 2 is 1.85 bits per heavy atom. The number of aryl methyl sites for hydroxylation is 1. The molecule has 5 heteroatoms. The second-order valence-corrected chi connectivity index (χ2v) is 6.56. The molecular weight excluding hydrogens is 340 g/mol. The number of hydrogen-bond donors (Lipinski definition) is 1. The van der Waals surface area contributed by atoms with Gasteiger partial charge in [-0.25, -0.2) is 0 Å². The molecule has 0 saturated carbocycles. The summed E-state index contributed by atoms with van der Waals surface area (Å²) in [7, 11) is 1.64. The molecule has 2 aromatic rings. The zero-order valence-corrected chi connectivity index (χ0v) is 16.3. The summed E-state index contributed by atoms with van der Waals surface area (Å²) in [6, 6.07) is 15.7. The molecule has 144 valence electrons. The molecule has 0 heterocycles. The van der Waals surface area contributed by atoms with E-state index in [9.17, 15) is 9.59 Å². The predicted octanol–water partition coefficient (Wildman–Crippen LogP) is 2.75. The molecule has 2 rings (SSSR count). The first-order valence-electron chi connectivity index (χ1n) is 9.19. The van der Waals surface area contributed by atoms with E-state index < -0.39 is 0 Å². The van der Waals surface area contributed by atoms with Crippen molar-refractivity contribution in [2.24, 2.45) is 0 Å². The van der Waals surface area contributed by atoms with Crippen LogP contribution in [0.1, 0.15) is 23.6 Å². The maximum atomic E-state index is 12.1. The van der Waals surface area contributed by atoms with Gasteiger partial charge >= 0.3 is 0 Å². The molecular formula is C22H28N2O3. The van der Waals surface area contributed by atoms with Crippen molar-refractivity contribution in [2.75, 3.05) is 26.7 Å². The summed E-state index contributed by atoms with van der Waals surface area (Å²) in [5, 5.41) is 2.91. The molecule has 0 spiro atoms. The van der Waals surface area contributed by atoms with Gasteiger partial charge in [0.05, 0.1) is 13.5 Å². The molecule has 0 unspecified atom stereocenters. The molecule has 0 atom stereocenters. The first-order valence-corrected chi connectivity index (χ1v) is 9.19. The normalized spacial score (nSPS) is 10.3. The van der Waals surface area contributed by atoms with Crippen molar-refractivity contribution in [2.45, 2.75) is 26.7 Å². The van der Waals surface area contributed by atoms with Gasteiger partial charge in [-0.1, -0.05) is 36.4 Å². The summed E-state index contributed by atoms with van der Waals surface area (Å²) in [6.45, 7) is 5.11. The maximum absolute atomic E-state index is 12.1. The first kappa shape index (κ1) is 20.5. The molecule has 27 heavy (non-hydrogen) atoms. The lowest BCUT2D eigenvalue weighted by molar-refractivity contribution is -0.129. The van der Waals surface area contributed by atoms with Crippen molar-refractivity contribution in [3.8, 4) is 5.75 Å². The highest BCUT2D eigenvalue weighted by Gasteiger charge is 2.10. The van der Waals surface area contributed by atoms with Crippen LogP contribution in [0.25, 0.3) is 0 Å². The van der Waals surface area contributed by atoms with Crippen molar-refractivity contribution < 1.29 is 14.3 Å². The molecule has 0 radical (unpaired) electrons. The lowest BCUT2D eigenvalue weighted by Gasteiger charge is -2.21. The monoisotopic (exact) mass is 368 g/mol. The molecule has 0 bridgehead atoms. The Bertz CT molecular complexity index is 774. The van der Waals surface area contributed by atoms with Crippen LogP contribution in [0.4, 0.5) is 0 Å². The van der Waals surface area contributed by atoms with Crippen LogP contribution in [0.2, 0.25) is 0 Å². The SMILES string of the molecule is COc1cccc(CCN(CCNC(=O)Cc2ccccc2C)C(C)=O)c1. The number of hydrogen-bond acceptors (Lipinski definition) is 3. The van der Waals surface area contributed by atoms with Crippen LogP contribution in [0, 0.1) is 6.92 Å². The van der Waals surface area contributed by atoms with Crippen LogP contribution in [0.5, 0.6) is 5.75 Å². The summed E-state index contributed by atoms with van der Waals surface area (Å²) in [6.07, 6.45) is 1.10. The second-order valence-electron chi connectivity index (χ2n) is 6.56. The molecule has 2 amide bonds. The zero-order valence-electron chi connectivity index (χ0n) is 16.3. The summed E-state index contributed by atoms with van der Waals surface area (Å²) < 4.78 is 5.23. The molecule has 5 nitrogen and oxygen atoms in total. The van der Waals surface area contributed by atoms with Crippen LogP contribution < -0.4 is 10.1 Å². The lowest BCUT2D eigenvalue weighted by Crippen LogP contribution is -2.39. The number of nitrogens with one attached hydrogen (secondary N) is 1. The van der Waals surface area contributed by atoms with Crippen LogP contribution in [-0.2, 0) is 22.4 Å². The van der Waals surface area contributed by atoms with Gasteiger partial charge in [0.1, 0.15) is 5.75 Å². The Labute approximate surface area is 161 Å². The average Bonchev–Trinajstić information content (AvgIpc) is 2.66. The third-order valence-corrected chi connectivity index (χ3v) is 4.57. The molecule has 0 saturated heterocycles. The fraction of sp³-hybridized carbons (Fsp3) is 0.364. The molecule has 0 aliphatic rings. The highest BCUT2D eigenvalue weighted by molar-refractivity contribution is 5.79. The quantitative estimate of drug-likeness (QED) is 0.740. The number of rotatable bonds is 9. The average molecular weight is 368 g/mol. The number of carbonyl (C=O) groups excluding carboxylic acids is 2. The van der Waals surface area contributed by atoms with E-state index in [1.807, 2.05) is 55.5 Å². The highest BCUT2D eigenvalue weighted by atomic mass is 16.5. The van der Waals surface area contributed by atoms with Crippen molar-refractivity contribution in [3.63, 3.8) is 0 Å². The Kier molecular flexibility index (Phi) is 7.86. The van der Waals surface area contributed by atoms with Gasteiger partial charge in [-0.3, -0.25) is 9.59 Å². The van der Waals surface area contributed by atoms with Crippen molar-refractivity contribution in [1.82, 2.24) is 10.2 Å². The van der Waals surface area contributed by atoms with Gasteiger partial charge in [-0.15, -0.1) is 0 Å². The van der Waals surface area contributed by atoms with Crippen LogP contribution in [0.15, 0.2) is 48.5 Å². The Balaban J connectivity index is 1.79. The van der Waals surface area contributed by atoms with E-state index in [-0.39, 0.29) is 11.8 Å². The van der Waals surface area contributed by atoms with E-state index in [0.29, 0.717) is 26.1 Å². The molecule has 0 fully saturated rings. The summed E-state index contributed by atoms with van der Waals surface area (Å²) in [4.78, 5) is 25.8. The standard InChI is InChI=1S/C22H28N2O3/c1-17-7-4-5-9-20(17)16-22(26)23-12-14-24(18(2)25)13-11-19-8-6-10-21(15-19)27-3/h4-10,15H,11-14,16H2,1-3H3,(H,23,26). The van der Waals surface area contributed by atoms with Crippen LogP contribution in [-0.4, -0.2) is 43.5 Å². The zero-order chi connectivity index (χ0) is 19.6. The van der Waals surface area contributed by atoms with E-state index in [1.54, 1.807) is 18.9 Å². The fourth-order valence-corrected chi connectivity index (χ4v) is 2.89. The topological polar surface area (TPSA) is 58.6 Å². The molecule has 1 N–H and O–H groups in total. The van der Waals surface area contributed by atoms with Gasteiger partial charge in [-0.05, 0) is 42.2 Å². The Hall–Kier alpha value is -2.82. The third-order valence-electron chi connectivity index (χ3n) is 4.57. The van der Waals surface area contributed by atoms with E-state index in [2.05, 4.69) is 5.32 Å². The van der Waals surface area contributed by atoms with Crippen molar-refractivity contribution in [1.29, 1.82) is 0 Å². The Morgan fingerprint density at radius 3 is 2.56 bits per heavy atom. The van der Waals surface area contributed by atoms with Crippen molar-refractivity contribution >= 4 is 11.8 Å². The smallest absolute Gasteiger partial charge is 0.224 e. The number of benzene rings is 2. The number of carbonyl (C=O) groups is 2. The lowest BCUT2D eigenvalue weighted by atomic mass is 10.1. The van der Waals surface area contributed by atoms with Gasteiger partial charge in [0.15, 0.2) is 0 Å². The first-order chi connectivity index (χ1) is 13.0. The number of amides is 2. The number of methoxy groups -OCH3 is 1. The van der Waals surface area contributed by atoms with Gasteiger partial charge in [0, 0.05) is 26.6 Å². The van der Waals surface area contributed by atoms with Gasteiger partial charge in [0.2, 0.25) is 11.8 Å². The van der Waals surface area contributed by atoms with E-state index >= 15 is 0 Å². The summed E-state index contributed by atoms with van der Waals surface area (Å²) in [5.41, 5.74) is 3.25. The third kappa shape index (κ3) is 6.77. The number of ether oxygens (including phenoxy) is 1. The minimum absolute atomic E-state index is 0.00560. The highest BCUT2D eigenvalue weighted by Crippen LogP contribution is 2.13. The summed E-state index contributed by atoms with van der Waals surface area (Å²) >= 11 is 0. The minimum Gasteiger partial charge on any atom is -0.497 e. The van der Waals surface area contributed by atoms with E-state index in [1.165, 1.54) is 0 Å². The fourth-order valence-electron chi connectivity index (χ4n) is 2.89. The largest absolute Gasteiger partial charge is 0.497 e. The van der Waals surface area contributed by atoms with Crippen LogP contribution >= 0.6 is 0 Å². The van der Waals surface area contributed by atoms with E-state index in [0.717, 1.165) is 28.9 Å². The van der Waals surface area contributed by atoms with Crippen molar-refractivity contribution in [3.05, 3.63) is 65.2 Å². The molecule has 0 aliphatic carbocycles. The molecule has 2 aromatic carbocycles. The van der Waals surface area contributed by atoms with Gasteiger partial charge in [-0.2, -0.15) is 0 Å². The number of nitrogens with zero attached hydrogens (tertiary/aromatic N) is 1. The van der Waals surface area contributed by atoms with Gasteiger partial charge < -0.3 is 15.0 Å².